The van der Waals surface area contributed by atoms with Gasteiger partial charge in [0.2, 0.25) is 0 Å². The monoisotopic (exact) mass is 308 g/mol. The summed E-state index contributed by atoms with van der Waals surface area (Å²) >= 11 is 3.26. The van der Waals surface area contributed by atoms with Crippen LogP contribution in [0.4, 0.5) is 15.8 Å². The van der Waals surface area contributed by atoms with E-state index in [1.54, 1.807) is 18.2 Å². The number of nitrogens with one attached hydrogen (secondary N) is 1. The Morgan fingerprint density at radius 3 is 2.50 bits per heavy atom. The summed E-state index contributed by atoms with van der Waals surface area (Å²) in [5, 5.41) is 2.66. The Kier molecular flexibility index (Phi) is 3.62. The van der Waals surface area contributed by atoms with E-state index in [1.807, 2.05) is 0 Å². The normalized spacial score (nSPS) is 10.1. The minimum Gasteiger partial charge on any atom is -0.398 e. The number of nitrogens with two attached hydrogens (primary N) is 1. The number of benzene rings is 2. The molecule has 2 aromatic carbocycles. The molecule has 18 heavy (non-hydrogen) atoms. The molecular weight excluding hydrogens is 299 g/mol. The maximum atomic E-state index is 12.7. The van der Waals surface area contributed by atoms with Crippen LogP contribution in [0.1, 0.15) is 10.4 Å². The van der Waals surface area contributed by atoms with Crippen molar-refractivity contribution in [3.05, 3.63) is 58.3 Å². The van der Waals surface area contributed by atoms with E-state index in [1.165, 1.54) is 24.3 Å². The van der Waals surface area contributed by atoms with Crippen LogP contribution in [0.15, 0.2) is 46.9 Å². The fraction of sp³-hybridized carbons (Fsp3) is 0. The molecule has 0 unspecified atom stereocenters. The Labute approximate surface area is 112 Å². The molecule has 0 aliphatic heterocycles. The smallest absolute Gasteiger partial charge is 0.256 e. The van der Waals surface area contributed by atoms with E-state index in [9.17, 15) is 9.18 Å². The van der Waals surface area contributed by atoms with E-state index in [4.69, 9.17) is 5.73 Å². The predicted molar refractivity (Wildman–Crippen MR) is 72.9 cm³/mol. The molecular formula is C13H10BrFN2O. The molecule has 5 heteroatoms. The molecule has 0 saturated carbocycles. The van der Waals surface area contributed by atoms with Crippen LogP contribution in [-0.4, -0.2) is 5.91 Å². The molecule has 0 radical (unpaired) electrons. The summed E-state index contributed by atoms with van der Waals surface area (Å²) in [7, 11) is 0. The number of carbonyl (C=O) groups excluding carboxylic acids is 1. The van der Waals surface area contributed by atoms with Gasteiger partial charge in [-0.15, -0.1) is 0 Å². The van der Waals surface area contributed by atoms with E-state index < -0.39 is 0 Å². The van der Waals surface area contributed by atoms with Crippen molar-refractivity contribution < 1.29 is 9.18 Å². The van der Waals surface area contributed by atoms with Gasteiger partial charge >= 0.3 is 0 Å². The Hall–Kier alpha value is -1.88. The largest absolute Gasteiger partial charge is 0.398 e. The summed E-state index contributed by atoms with van der Waals surface area (Å²) < 4.78 is 13.3. The van der Waals surface area contributed by atoms with Crippen molar-refractivity contribution in [2.45, 2.75) is 0 Å². The van der Waals surface area contributed by atoms with Crippen molar-refractivity contribution in [2.75, 3.05) is 11.1 Å². The number of hydrogen-bond acceptors (Lipinski definition) is 2. The summed E-state index contributed by atoms with van der Waals surface area (Å²) in [5.74, 6) is -0.654. The van der Waals surface area contributed by atoms with Crippen LogP contribution in [0.25, 0.3) is 0 Å². The fourth-order valence-electron chi connectivity index (χ4n) is 1.46. The third kappa shape index (κ3) is 2.68. The number of anilines is 2. The lowest BCUT2D eigenvalue weighted by atomic mass is 10.2. The van der Waals surface area contributed by atoms with E-state index >= 15 is 0 Å². The molecule has 0 atom stereocenters. The first-order valence-corrected chi connectivity index (χ1v) is 5.98. The molecule has 0 bridgehead atoms. The van der Waals surface area contributed by atoms with Gasteiger partial charge in [0, 0.05) is 11.4 Å². The summed E-state index contributed by atoms with van der Waals surface area (Å²) in [5.41, 5.74) is 7.14. The van der Waals surface area contributed by atoms with Crippen LogP contribution in [0.3, 0.4) is 0 Å². The molecule has 0 heterocycles. The van der Waals surface area contributed by atoms with Gasteiger partial charge in [0.1, 0.15) is 5.82 Å². The third-order valence-corrected chi connectivity index (χ3v) is 3.26. The predicted octanol–water partition coefficient (Wildman–Crippen LogP) is 3.42. The Morgan fingerprint density at radius 2 is 1.83 bits per heavy atom. The molecule has 0 fully saturated rings. The molecule has 0 saturated heterocycles. The highest BCUT2D eigenvalue weighted by atomic mass is 79.9. The van der Waals surface area contributed by atoms with Crippen LogP contribution in [0, 0.1) is 5.82 Å². The maximum absolute atomic E-state index is 12.7. The van der Waals surface area contributed by atoms with Crippen LogP contribution in [0.5, 0.6) is 0 Å². The second kappa shape index (κ2) is 5.18. The second-order valence-corrected chi connectivity index (χ2v) is 4.46. The van der Waals surface area contributed by atoms with Gasteiger partial charge in [0.15, 0.2) is 0 Å². The van der Waals surface area contributed by atoms with Crippen LogP contribution in [-0.2, 0) is 0 Å². The highest BCUT2D eigenvalue weighted by Gasteiger charge is 2.11. The molecule has 3 N–H and O–H groups in total. The molecule has 92 valence electrons. The summed E-state index contributed by atoms with van der Waals surface area (Å²) in [6.07, 6.45) is 0. The standard InChI is InChI=1S/C13H10BrFN2O/c14-12-10(2-1-3-11(12)16)13(18)17-9-6-4-8(15)5-7-9/h1-7H,16H2,(H,17,18). The van der Waals surface area contributed by atoms with E-state index in [2.05, 4.69) is 21.2 Å². The zero-order valence-corrected chi connectivity index (χ0v) is 10.9. The Bertz CT molecular complexity index is 584. The van der Waals surface area contributed by atoms with Crippen molar-refractivity contribution in [1.82, 2.24) is 0 Å². The average Bonchev–Trinajstić information content (AvgIpc) is 2.35. The second-order valence-electron chi connectivity index (χ2n) is 3.67. The zero-order chi connectivity index (χ0) is 13.1. The van der Waals surface area contributed by atoms with Gasteiger partial charge in [-0.1, -0.05) is 6.07 Å². The van der Waals surface area contributed by atoms with Crippen LogP contribution >= 0.6 is 15.9 Å². The van der Waals surface area contributed by atoms with Gasteiger partial charge in [-0.2, -0.15) is 0 Å². The van der Waals surface area contributed by atoms with Gasteiger partial charge in [0.05, 0.1) is 10.0 Å². The maximum Gasteiger partial charge on any atom is 0.256 e. The lowest BCUT2D eigenvalue weighted by Crippen LogP contribution is -2.13. The highest BCUT2D eigenvalue weighted by Crippen LogP contribution is 2.24. The SMILES string of the molecule is Nc1cccc(C(=O)Nc2ccc(F)cc2)c1Br. The number of halogens is 2. The Morgan fingerprint density at radius 1 is 1.17 bits per heavy atom. The number of carbonyl (C=O) groups is 1. The van der Waals surface area contributed by atoms with E-state index in [0.29, 0.717) is 21.4 Å². The average molecular weight is 309 g/mol. The number of hydrogen-bond donors (Lipinski definition) is 2. The quantitative estimate of drug-likeness (QED) is 0.835. The first-order valence-electron chi connectivity index (χ1n) is 5.19. The van der Waals surface area contributed by atoms with Gasteiger partial charge in [-0.05, 0) is 52.3 Å². The molecule has 2 rings (SSSR count). The zero-order valence-electron chi connectivity index (χ0n) is 9.28. The van der Waals surface area contributed by atoms with Gasteiger partial charge in [0.25, 0.3) is 5.91 Å². The summed E-state index contributed by atoms with van der Waals surface area (Å²) in [4.78, 5) is 12.0. The molecule has 0 aliphatic rings. The first-order chi connectivity index (χ1) is 8.58. The lowest BCUT2D eigenvalue weighted by Gasteiger charge is -2.08. The van der Waals surface area contributed by atoms with E-state index in [0.717, 1.165) is 0 Å². The van der Waals surface area contributed by atoms with Crippen LogP contribution < -0.4 is 11.1 Å². The third-order valence-electron chi connectivity index (χ3n) is 2.38. The highest BCUT2D eigenvalue weighted by molar-refractivity contribution is 9.10. The minimum atomic E-state index is -0.349. The van der Waals surface area contributed by atoms with Crippen molar-refractivity contribution in [3.8, 4) is 0 Å². The molecule has 0 aliphatic carbocycles. The van der Waals surface area contributed by atoms with Gasteiger partial charge < -0.3 is 11.1 Å². The molecule has 0 spiro atoms. The Balaban J connectivity index is 2.22. The minimum absolute atomic E-state index is 0.305. The number of rotatable bonds is 2. The van der Waals surface area contributed by atoms with Gasteiger partial charge in [-0.3, -0.25) is 4.79 Å². The van der Waals surface area contributed by atoms with Gasteiger partial charge in [-0.25, -0.2) is 4.39 Å². The summed E-state index contributed by atoms with van der Waals surface area (Å²) in [6, 6.07) is 10.6. The van der Waals surface area contributed by atoms with E-state index in [-0.39, 0.29) is 11.7 Å². The van der Waals surface area contributed by atoms with Crippen LogP contribution in [0.2, 0.25) is 0 Å². The molecule has 2 aromatic rings. The van der Waals surface area contributed by atoms with Crippen molar-refractivity contribution in [2.24, 2.45) is 0 Å². The van der Waals surface area contributed by atoms with Crippen molar-refractivity contribution in [3.63, 3.8) is 0 Å². The lowest BCUT2D eigenvalue weighted by molar-refractivity contribution is 0.102. The first kappa shape index (κ1) is 12.6. The molecule has 3 nitrogen and oxygen atoms in total. The topological polar surface area (TPSA) is 55.1 Å². The molecule has 0 aromatic heterocycles. The fourth-order valence-corrected chi connectivity index (χ4v) is 1.90. The number of nitrogen functional groups attached to an aromatic ring is 1. The van der Waals surface area contributed by atoms with Crippen molar-refractivity contribution >= 4 is 33.2 Å². The summed E-state index contributed by atoms with van der Waals surface area (Å²) in [6.45, 7) is 0. The molecule has 1 amide bonds. The van der Waals surface area contributed by atoms with Crippen molar-refractivity contribution in [1.29, 1.82) is 0 Å². The number of amides is 1.